The van der Waals surface area contributed by atoms with Crippen molar-refractivity contribution in [3.63, 3.8) is 0 Å². The molecule has 0 saturated heterocycles. The minimum Gasteiger partial charge on any atom is -0.478 e. The van der Waals surface area contributed by atoms with Crippen LogP contribution in [-0.2, 0) is 4.79 Å². The van der Waals surface area contributed by atoms with Gasteiger partial charge in [0.1, 0.15) is 0 Å². The summed E-state index contributed by atoms with van der Waals surface area (Å²) in [5.41, 5.74) is 0.265. The van der Waals surface area contributed by atoms with Crippen LogP contribution in [0, 0.1) is 0 Å². The van der Waals surface area contributed by atoms with E-state index in [1.54, 1.807) is 0 Å². The Morgan fingerprint density at radius 3 is 2.42 bits per heavy atom. The predicted octanol–water partition coefficient (Wildman–Crippen LogP) is 1.48. The van der Waals surface area contributed by atoms with Crippen molar-refractivity contribution in [3.8, 4) is 0 Å². The Balaban J connectivity index is 0. The normalized spacial score (nSPS) is 8.25. The fraction of sp³-hybridized carbons (Fsp3) is 0.625. The number of carbonyl (C=O) groups is 1. The van der Waals surface area contributed by atoms with Gasteiger partial charge in [0.15, 0.2) is 0 Å². The van der Waals surface area contributed by atoms with Gasteiger partial charge in [0, 0.05) is 12.0 Å². The van der Waals surface area contributed by atoms with Gasteiger partial charge in [-0.25, -0.2) is 4.79 Å². The standard InChI is InChI=1S/C7H13NO2.CH3Cl/c1-3-8-5-4-6(2)7(9)10;1-2/h8H,2-5H2,1H3,(H,9,10);1H3. The predicted molar refractivity (Wildman–Crippen MR) is 51.7 cm³/mol. The van der Waals surface area contributed by atoms with Gasteiger partial charge in [-0.2, -0.15) is 0 Å². The fourth-order valence-electron chi connectivity index (χ4n) is 0.523. The Hall–Kier alpha value is -0.540. The summed E-state index contributed by atoms with van der Waals surface area (Å²) in [6.07, 6.45) is 1.99. The summed E-state index contributed by atoms with van der Waals surface area (Å²) in [6.45, 7) is 6.93. The van der Waals surface area contributed by atoms with E-state index >= 15 is 0 Å². The van der Waals surface area contributed by atoms with Crippen LogP contribution in [0.3, 0.4) is 0 Å². The molecule has 0 radical (unpaired) electrons. The van der Waals surface area contributed by atoms with E-state index < -0.39 is 5.97 Å². The fourth-order valence-corrected chi connectivity index (χ4v) is 0.523. The van der Waals surface area contributed by atoms with Crippen molar-refractivity contribution in [2.75, 3.05) is 19.5 Å². The molecule has 3 nitrogen and oxygen atoms in total. The molecule has 0 unspecified atom stereocenters. The summed E-state index contributed by atoms with van der Waals surface area (Å²) in [5.74, 6) is -0.905. The van der Waals surface area contributed by atoms with Gasteiger partial charge in [0.25, 0.3) is 0 Å². The molecule has 0 bridgehead atoms. The molecule has 0 aliphatic heterocycles. The Kier molecular flexibility index (Phi) is 12.2. The van der Waals surface area contributed by atoms with Gasteiger partial charge < -0.3 is 10.4 Å². The SMILES string of the molecule is C=C(CCNCC)C(=O)O.CCl. The zero-order valence-corrected chi connectivity index (χ0v) is 8.32. The van der Waals surface area contributed by atoms with Crippen LogP contribution in [0.5, 0.6) is 0 Å². The number of hydrogen-bond acceptors (Lipinski definition) is 2. The van der Waals surface area contributed by atoms with Gasteiger partial charge >= 0.3 is 5.97 Å². The Bertz CT molecular complexity index is 137. The lowest BCUT2D eigenvalue weighted by molar-refractivity contribution is -0.132. The van der Waals surface area contributed by atoms with Gasteiger partial charge in [-0.15, -0.1) is 11.6 Å². The topological polar surface area (TPSA) is 49.3 Å². The third-order valence-electron chi connectivity index (χ3n) is 1.16. The maximum absolute atomic E-state index is 10.2. The molecule has 0 aliphatic rings. The molecule has 0 spiro atoms. The van der Waals surface area contributed by atoms with E-state index in [1.165, 1.54) is 6.38 Å². The van der Waals surface area contributed by atoms with E-state index in [4.69, 9.17) is 5.11 Å². The molecule has 0 aromatic rings. The van der Waals surface area contributed by atoms with Crippen LogP contribution in [0.2, 0.25) is 0 Å². The van der Waals surface area contributed by atoms with Gasteiger partial charge in [-0.3, -0.25) is 0 Å². The number of aliphatic carboxylic acids is 1. The minimum absolute atomic E-state index is 0.265. The van der Waals surface area contributed by atoms with Crippen LogP contribution in [0.25, 0.3) is 0 Å². The van der Waals surface area contributed by atoms with Crippen LogP contribution >= 0.6 is 11.6 Å². The third kappa shape index (κ3) is 9.46. The molecule has 0 aliphatic carbocycles. The van der Waals surface area contributed by atoms with E-state index in [9.17, 15) is 4.79 Å². The molecule has 0 heterocycles. The molecule has 4 heteroatoms. The van der Waals surface area contributed by atoms with Crippen molar-refractivity contribution in [1.82, 2.24) is 5.32 Å². The summed E-state index contributed by atoms with van der Waals surface area (Å²) in [7, 11) is 0. The van der Waals surface area contributed by atoms with Crippen molar-refractivity contribution in [2.24, 2.45) is 0 Å². The second-order valence-electron chi connectivity index (χ2n) is 2.01. The first-order chi connectivity index (χ1) is 5.68. The highest BCUT2D eigenvalue weighted by molar-refractivity contribution is 6.15. The van der Waals surface area contributed by atoms with Crippen LogP contribution in [0.4, 0.5) is 0 Å². The van der Waals surface area contributed by atoms with E-state index in [-0.39, 0.29) is 5.57 Å². The lowest BCUT2D eigenvalue weighted by Gasteiger charge is -1.99. The number of carboxylic acid groups (broad SMARTS) is 1. The summed E-state index contributed by atoms with van der Waals surface area (Å²) >= 11 is 4.64. The average molecular weight is 194 g/mol. The Morgan fingerprint density at radius 1 is 1.58 bits per heavy atom. The van der Waals surface area contributed by atoms with Gasteiger partial charge in [0.05, 0.1) is 0 Å². The van der Waals surface area contributed by atoms with Crippen molar-refractivity contribution in [3.05, 3.63) is 12.2 Å². The second kappa shape index (κ2) is 10.5. The lowest BCUT2D eigenvalue weighted by Crippen LogP contribution is -2.16. The molecular weight excluding hydrogens is 178 g/mol. The van der Waals surface area contributed by atoms with Crippen molar-refractivity contribution in [1.29, 1.82) is 0 Å². The second-order valence-corrected chi connectivity index (χ2v) is 2.01. The first-order valence-electron chi connectivity index (χ1n) is 3.68. The smallest absolute Gasteiger partial charge is 0.330 e. The Morgan fingerprint density at radius 2 is 2.08 bits per heavy atom. The van der Waals surface area contributed by atoms with Gasteiger partial charge in [-0.05, 0) is 19.5 Å². The first-order valence-corrected chi connectivity index (χ1v) is 4.43. The first kappa shape index (κ1) is 14.0. The summed E-state index contributed by atoms with van der Waals surface area (Å²) in [4.78, 5) is 10.2. The number of rotatable bonds is 5. The zero-order chi connectivity index (χ0) is 9.98. The molecule has 2 N–H and O–H groups in total. The van der Waals surface area contributed by atoms with E-state index in [0.29, 0.717) is 13.0 Å². The van der Waals surface area contributed by atoms with Crippen LogP contribution in [0.1, 0.15) is 13.3 Å². The highest BCUT2D eigenvalue weighted by Gasteiger charge is 2.00. The summed E-state index contributed by atoms with van der Waals surface area (Å²) in [6, 6.07) is 0. The monoisotopic (exact) mass is 193 g/mol. The van der Waals surface area contributed by atoms with E-state index in [0.717, 1.165) is 6.54 Å². The molecule has 0 amide bonds. The number of alkyl halides is 1. The zero-order valence-electron chi connectivity index (χ0n) is 7.56. The van der Waals surface area contributed by atoms with Crippen LogP contribution < -0.4 is 5.32 Å². The van der Waals surface area contributed by atoms with Crippen molar-refractivity contribution >= 4 is 17.6 Å². The maximum atomic E-state index is 10.2. The number of halogens is 1. The average Bonchev–Trinajstić information content (AvgIpc) is 2.08. The largest absolute Gasteiger partial charge is 0.478 e. The van der Waals surface area contributed by atoms with E-state index in [2.05, 4.69) is 23.5 Å². The quantitative estimate of drug-likeness (QED) is 0.395. The van der Waals surface area contributed by atoms with Gasteiger partial charge in [-0.1, -0.05) is 13.5 Å². The van der Waals surface area contributed by atoms with Crippen molar-refractivity contribution < 1.29 is 9.90 Å². The molecule has 72 valence electrons. The summed E-state index contributed by atoms with van der Waals surface area (Å²) in [5, 5.41) is 11.4. The highest BCUT2D eigenvalue weighted by Crippen LogP contribution is 1.94. The molecule has 0 saturated carbocycles. The maximum Gasteiger partial charge on any atom is 0.330 e. The molecule has 12 heavy (non-hydrogen) atoms. The number of carboxylic acids is 1. The number of hydrogen-bond donors (Lipinski definition) is 2. The molecule has 0 aromatic carbocycles. The minimum atomic E-state index is -0.905. The third-order valence-corrected chi connectivity index (χ3v) is 1.16. The molecule has 0 aromatic heterocycles. The Labute approximate surface area is 78.4 Å². The van der Waals surface area contributed by atoms with Crippen LogP contribution in [-0.4, -0.2) is 30.5 Å². The molecule has 0 rings (SSSR count). The molecular formula is C8H16ClNO2. The van der Waals surface area contributed by atoms with E-state index in [1.807, 2.05) is 6.92 Å². The lowest BCUT2D eigenvalue weighted by atomic mass is 10.2. The number of nitrogens with one attached hydrogen (secondary N) is 1. The highest BCUT2D eigenvalue weighted by atomic mass is 35.5. The molecule has 0 atom stereocenters. The van der Waals surface area contributed by atoms with Crippen molar-refractivity contribution in [2.45, 2.75) is 13.3 Å². The summed E-state index contributed by atoms with van der Waals surface area (Å²) < 4.78 is 0. The van der Waals surface area contributed by atoms with Gasteiger partial charge in [0.2, 0.25) is 0 Å². The van der Waals surface area contributed by atoms with Crippen LogP contribution in [0.15, 0.2) is 12.2 Å². The molecule has 0 fully saturated rings.